The number of nitrogens with zero attached hydrogens (tertiary/aromatic N) is 2. The number of H-pyrrole nitrogens is 1. The minimum Gasteiger partial charge on any atom is -0.548 e. The van der Waals surface area contributed by atoms with Crippen LogP contribution in [0.1, 0.15) is 26.3 Å². The van der Waals surface area contributed by atoms with Gasteiger partial charge in [-0.05, 0) is 27.7 Å². The van der Waals surface area contributed by atoms with Gasteiger partial charge in [0.15, 0.2) is 0 Å². The maximum absolute atomic E-state index is 12.3. The van der Waals surface area contributed by atoms with Crippen molar-refractivity contribution in [2.24, 2.45) is 0 Å². The van der Waals surface area contributed by atoms with Gasteiger partial charge in [0.1, 0.15) is 12.1 Å². The van der Waals surface area contributed by atoms with Crippen molar-refractivity contribution in [3.8, 4) is 0 Å². The summed E-state index contributed by atoms with van der Waals surface area (Å²) in [4.78, 5) is 60.9. The number of hydrogen-bond acceptors (Lipinski definition) is 7. The fourth-order valence-electron chi connectivity index (χ4n) is 2.04. The number of carbonyl (C=O) groups is 3. The van der Waals surface area contributed by atoms with Gasteiger partial charge in [0.05, 0.1) is 12.5 Å². The van der Waals surface area contributed by atoms with E-state index in [1.807, 2.05) is 0 Å². The molecule has 0 aliphatic rings. The molecule has 0 aliphatic heterocycles. The number of ether oxygens (including phenoxy) is 1. The number of aromatic nitrogens is 2. The summed E-state index contributed by atoms with van der Waals surface area (Å²) in [5, 5.41) is 13.3. The quantitative estimate of drug-likeness (QED) is 0.430. The number of rotatable bonds is 7. The number of carboxylic acids is 1. The summed E-state index contributed by atoms with van der Waals surface area (Å²) in [6.07, 6.45) is 0.491. The molecule has 0 aromatic carbocycles. The standard InChI is InChI=1S/C16H24N4O7.Na/c1-10-7-20(14(25)18-13(10)24)8-11(21)19(9-12(22)23)6-5-17-15(26)27-16(2,3)4;/h7H,5-6,8-9H2,1-4H3,(H,17,26)(H,22,23)(H,18,24,25);/q;+1/p-1. The maximum Gasteiger partial charge on any atom is 1.00 e. The van der Waals surface area contributed by atoms with Crippen molar-refractivity contribution in [3.05, 3.63) is 32.6 Å². The number of aromatic amines is 1. The predicted octanol–water partition coefficient (Wildman–Crippen LogP) is -5.05. The molecule has 11 nitrogen and oxygen atoms in total. The monoisotopic (exact) mass is 406 g/mol. The zero-order chi connectivity index (χ0) is 20.8. The molecule has 1 aromatic rings. The molecule has 1 heterocycles. The van der Waals surface area contributed by atoms with E-state index >= 15 is 0 Å². The van der Waals surface area contributed by atoms with Crippen molar-refractivity contribution in [1.82, 2.24) is 19.8 Å². The molecular weight excluding hydrogens is 383 g/mol. The Hall–Kier alpha value is -2.11. The predicted molar refractivity (Wildman–Crippen MR) is 91.9 cm³/mol. The van der Waals surface area contributed by atoms with Crippen LogP contribution in [-0.2, 0) is 20.9 Å². The molecule has 28 heavy (non-hydrogen) atoms. The number of carbonyl (C=O) groups excluding carboxylic acids is 3. The molecule has 2 amide bonds. The molecule has 0 fully saturated rings. The van der Waals surface area contributed by atoms with Crippen molar-refractivity contribution in [2.45, 2.75) is 39.8 Å². The number of amides is 2. The van der Waals surface area contributed by atoms with Gasteiger partial charge < -0.3 is 24.9 Å². The minimum absolute atomic E-state index is 0. The fourth-order valence-corrected chi connectivity index (χ4v) is 2.04. The van der Waals surface area contributed by atoms with Gasteiger partial charge in [-0.3, -0.25) is 19.1 Å². The zero-order valence-electron chi connectivity index (χ0n) is 16.7. The Kier molecular flexibility index (Phi) is 10.2. The van der Waals surface area contributed by atoms with Crippen LogP contribution in [-0.4, -0.2) is 57.7 Å². The molecule has 1 aromatic heterocycles. The van der Waals surface area contributed by atoms with Crippen LogP contribution in [0.2, 0.25) is 0 Å². The Bertz CT molecular complexity index is 826. The molecule has 150 valence electrons. The van der Waals surface area contributed by atoms with Crippen LogP contribution < -0.4 is 51.2 Å². The maximum atomic E-state index is 12.3. The summed E-state index contributed by atoms with van der Waals surface area (Å²) in [7, 11) is 0. The molecule has 0 unspecified atom stereocenters. The van der Waals surface area contributed by atoms with Gasteiger partial charge >= 0.3 is 41.3 Å². The van der Waals surface area contributed by atoms with Gasteiger partial charge in [-0.15, -0.1) is 0 Å². The van der Waals surface area contributed by atoms with Gasteiger partial charge in [0, 0.05) is 24.8 Å². The zero-order valence-corrected chi connectivity index (χ0v) is 18.7. The van der Waals surface area contributed by atoms with Crippen molar-refractivity contribution in [3.63, 3.8) is 0 Å². The number of alkyl carbamates (subject to hydrolysis) is 1. The largest absolute Gasteiger partial charge is 1.00 e. The van der Waals surface area contributed by atoms with Gasteiger partial charge in [-0.2, -0.15) is 0 Å². The Morgan fingerprint density at radius 3 is 2.43 bits per heavy atom. The van der Waals surface area contributed by atoms with E-state index in [-0.39, 0.29) is 48.2 Å². The van der Waals surface area contributed by atoms with E-state index in [4.69, 9.17) is 4.74 Å². The molecule has 1 rings (SSSR count). The molecular formula is C16H23N4NaO7. The van der Waals surface area contributed by atoms with E-state index in [1.54, 1.807) is 20.8 Å². The Morgan fingerprint density at radius 2 is 1.89 bits per heavy atom. The second kappa shape index (κ2) is 11.0. The number of carboxylic acid groups (broad SMARTS) is 1. The van der Waals surface area contributed by atoms with E-state index in [0.717, 1.165) is 9.47 Å². The van der Waals surface area contributed by atoms with Gasteiger partial charge in [-0.25, -0.2) is 9.59 Å². The summed E-state index contributed by atoms with van der Waals surface area (Å²) in [5.41, 5.74) is -1.84. The fraction of sp³-hybridized carbons (Fsp3) is 0.562. The Labute approximate surface area is 183 Å². The van der Waals surface area contributed by atoms with Gasteiger partial charge in [0.2, 0.25) is 5.91 Å². The van der Waals surface area contributed by atoms with Crippen LogP contribution in [0.5, 0.6) is 0 Å². The number of aryl methyl sites for hydroxylation is 1. The first-order valence-corrected chi connectivity index (χ1v) is 8.14. The minimum atomic E-state index is -1.49. The molecule has 0 saturated carbocycles. The molecule has 0 spiro atoms. The third kappa shape index (κ3) is 9.20. The number of hydrogen-bond donors (Lipinski definition) is 2. The van der Waals surface area contributed by atoms with Crippen LogP contribution >= 0.6 is 0 Å². The average molecular weight is 406 g/mol. The molecule has 2 N–H and O–H groups in total. The first kappa shape index (κ1) is 25.9. The third-order valence-electron chi connectivity index (χ3n) is 3.22. The topological polar surface area (TPSA) is 154 Å². The van der Waals surface area contributed by atoms with E-state index in [9.17, 15) is 29.1 Å². The van der Waals surface area contributed by atoms with Gasteiger partial charge in [0.25, 0.3) is 5.56 Å². The normalized spacial score (nSPS) is 10.6. The van der Waals surface area contributed by atoms with Gasteiger partial charge in [-0.1, -0.05) is 0 Å². The molecule has 0 aliphatic carbocycles. The van der Waals surface area contributed by atoms with Crippen molar-refractivity contribution >= 4 is 18.0 Å². The molecule has 0 saturated heterocycles. The summed E-state index contributed by atoms with van der Waals surface area (Å²) in [6, 6.07) is 0. The van der Waals surface area contributed by atoms with Crippen LogP contribution in [0.3, 0.4) is 0 Å². The second-order valence-electron chi connectivity index (χ2n) is 6.82. The average Bonchev–Trinajstić information content (AvgIpc) is 2.49. The summed E-state index contributed by atoms with van der Waals surface area (Å²) in [6.45, 7) is 5.12. The molecule has 12 heteroatoms. The SMILES string of the molecule is Cc1cn(CC(=O)N(CCNC(=O)OC(C)(C)C)CC(=O)[O-])c(=O)[nH]c1=O.[Na+]. The second-order valence-corrected chi connectivity index (χ2v) is 6.82. The van der Waals surface area contributed by atoms with E-state index in [0.29, 0.717) is 0 Å². The molecule has 0 radical (unpaired) electrons. The summed E-state index contributed by atoms with van der Waals surface area (Å²) in [5.74, 6) is -2.19. The number of aliphatic carboxylic acids is 1. The van der Waals surface area contributed by atoms with E-state index in [1.165, 1.54) is 13.1 Å². The van der Waals surface area contributed by atoms with E-state index in [2.05, 4.69) is 10.3 Å². The third-order valence-corrected chi connectivity index (χ3v) is 3.22. The Morgan fingerprint density at radius 1 is 1.29 bits per heavy atom. The van der Waals surface area contributed by atoms with Crippen LogP contribution in [0.4, 0.5) is 4.79 Å². The molecule has 0 bridgehead atoms. The summed E-state index contributed by atoms with van der Waals surface area (Å²) < 4.78 is 6.00. The van der Waals surface area contributed by atoms with Crippen molar-refractivity contribution < 1.29 is 53.8 Å². The summed E-state index contributed by atoms with van der Waals surface area (Å²) >= 11 is 0. The number of nitrogens with one attached hydrogen (secondary N) is 2. The first-order chi connectivity index (χ1) is 12.4. The Balaban J connectivity index is 0.00000729. The van der Waals surface area contributed by atoms with E-state index < -0.39 is 47.9 Å². The van der Waals surface area contributed by atoms with Crippen LogP contribution in [0, 0.1) is 6.92 Å². The van der Waals surface area contributed by atoms with Crippen LogP contribution in [0.25, 0.3) is 0 Å². The van der Waals surface area contributed by atoms with Crippen molar-refractivity contribution in [2.75, 3.05) is 19.6 Å². The van der Waals surface area contributed by atoms with Crippen molar-refractivity contribution in [1.29, 1.82) is 0 Å². The first-order valence-electron chi connectivity index (χ1n) is 8.14. The van der Waals surface area contributed by atoms with Crippen LogP contribution in [0.15, 0.2) is 15.8 Å². The molecule has 0 atom stereocenters. The smallest absolute Gasteiger partial charge is 0.548 e.